The zero-order chi connectivity index (χ0) is 22.2. The molecule has 1 atom stereocenters. The first-order valence-electron chi connectivity index (χ1n) is 9.85. The SMILES string of the molecule is NC(=O)c1cc(-c2ccc(OCC3COCCO3)c(C3CC3)c2)c(C(F)(F)F)[nH]c1=O. The summed E-state index contributed by atoms with van der Waals surface area (Å²) in [6.07, 6.45) is -3.24. The van der Waals surface area contributed by atoms with E-state index in [2.05, 4.69) is 0 Å². The Morgan fingerprint density at radius 3 is 2.61 bits per heavy atom. The van der Waals surface area contributed by atoms with Gasteiger partial charge in [0.25, 0.3) is 11.5 Å². The van der Waals surface area contributed by atoms with E-state index in [0.717, 1.165) is 24.5 Å². The van der Waals surface area contributed by atoms with Crippen molar-refractivity contribution >= 4 is 5.91 Å². The molecule has 10 heteroatoms. The predicted octanol–water partition coefficient (Wildman–Crippen LogP) is 2.83. The van der Waals surface area contributed by atoms with Crippen LogP contribution in [0.1, 0.15) is 40.4 Å². The Hall–Kier alpha value is -2.85. The molecule has 0 bridgehead atoms. The minimum Gasteiger partial charge on any atom is -0.490 e. The number of aromatic amines is 1. The molecule has 2 aromatic rings. The number of carbonyl (C=O) groups excluding carboxylic acids is 1. The predicted molar refractivity (Wildman–Crippen MR) is 104 cm³/mol. The maximum Gasteiger partial charge on any atom is 0.431 e. The van der Waals surface area contributed by atoms with Crippen molar-refractivity contribution < 1.29 is 32.2 Å². The van der Waals surface area contributed by atoms with Crippen molar-refractivity contribution in [1.29, 1.82) is 0 Å². The number of carbonyl (C=O) groups is 1. The molecule has 7 nitrogen and oxygen atoms in total. The molecule has 166 valence electrons. The van der Waals surface area contributed by atoms with Crippen LogP contribution in [0.15, 0.2) is 29.1 Å². The van der Waals surface area contributed by atoms with E-state index in [1.165, 1.54) is 6.07 Å². The number of aromatic nitrogens is 1. The molecular formula is C21H21F3N2O5. The number of H-pyrrole nitrogens is 1. The number of alkyl halides is 3. The van der Waals surface area contributed by atoms with Crippen molar-refractivity contribution in [1.82, 2.24) is 4.98 Å². The summed E-state index contributed by atoms with van der Waals surface area (Å²) in [4.78, 5) is 25.2. The van der Waals surface area contributed by atoms with Crippen LogP contribution in [0.3, 0.4) is 0 Å². The molecule has 0 spiro atoms. The largest absolute Gasteiger partial charge is 0.490 e. The van der Waals surface area contributed by atoms with Gasteiger partial charge >= 0.3 is 6.18 Å². The lowest BCUT2D eigenvalue weighted by Gasteiger charge is -2.24. The number of nitrogens with two attached hydrogens (primary N) is 1. The number of hydrogen-bond acceptors (Lipinski definition) is 5. The Kier molecular flexibility index (Phi) is 5.76. The molecule has 1 aromatic heterocycles. The average Bonchev–Trinajstić information content (AvgIpc) is 3.57. The lowest BCUT2D eigenvalue weighted by molar-refractivity contribution is -0.140. The minimum absolute atomic E-state index is 0.172. The Labute approximate surface area is 175 Å². The van der Waals surface area contributed by atoms with E-state index in [1.807, 2.05) is 0 Å². The summed E-state index contributed by atoms with van der Waals surface area (Å²) in [7, 11) is 0. The Morgan fingerprint density at radius 1 is 1.23 bits per heavy atom. The number of primary amides is 1. The summed E-state index contributed by atoms with van der Waals surface area (Å²) in [5.41, 5.74) is 2.87. The zero-order valence-corrected chi connectivity index (χ0v) is 16.5. The second-order valence-electron chi connectivity index (χ2n) is 7.57. The van der Waals surface area contributed by atoms with Crippen molar-refractivity contribution in [2.75, 3.05) is 26.4 Å². The Balaban J connectivity index is 1.71. The van der Waals surface area contributed by atoms with Crippen molar-refractivity contribution in [3.63, 3.8) is 0 Å². The van der Waals surface area contributed by atoms with Gasteiger partial charge in [-0.05, 0) is 48.1 Å². The Morgan fingerprint density at radius 2 is 2.00 bits per heavy atom. The van der Waals surface area contributed by atoms with Gasteiger partial charge in [0.05, 0.1) is 19.8 Å². The van der Waals surface area contributed by atoms with Crippen LogP contribution >= 0.6 is 0 Å². The van der Waals surface area contributed by atoms with Crippen LogP contribution in [-0.2, 0) is 15.7 Å². The van der Waals surface area contributed by atoms with E-state index in [4.69, 9.17) is 19.9 Å². The molecule has 2 heterocycles. The van der Waals surface area contributed by atoms with Gasteiger partial charge in [-0.2, -0.15) is 13.2 Å². The maximum absolute atomic E-state index is 13.6. The van der Waals surface area contributed by atoms with Crippen LogP contribution in [0.2, 0.25) is 0 Å². The summed E-state index contributed by atoms with van der Waals surface area (Å²) in [6.45, 7) is 1.69. The fourth-order valence-electron chi connectivity index (χ4n) is 3.54. The zero-order valence-electron chi connectivity index (χ0n) is 16.5. The molecular weight excluding hydrogens is 417 g/mol. The van der Waals surface area contributed by atoms with E-state index in [-0.39, 0.29) is 29.8 Å². The highest BCUT2D eigenvalue weighted by molar-refractivity contribution is 5.94. The first-order valence-corrected chi connectivity index (χ1v) is 9.85. The first kappa shape index (κ1) is 21.4. The molecule has 0 radical (unpaired) electrons. The van der Waals surface area contributed by atoms with Crippen LogP contribution in [0.5, 0.6) is 5.75 Å². The van der Waals surface area contributed by atoms with Crippen molar-refractivity contribution in [3.05, 3.63) is 51.4 Å². The van der Waals surface area contributed by atoms with Gasteiger partial charge < -0.3 is 24.9 Å². The monoisotopic (exact) mass is 438 g/mol. The third kappa shape index (κ3) is 4.75. The van der Waals surface area contributed by atoms with Crippen LogP contribution in [0.4, 0.5) is 13.2 Å². The van der Waals surface area contributed by atoms with Crippen LogP contribution in [0.25, 0.3) is 11.1 Å². The highest BCUT2D eigenvalue weighted by Crippen LogP contribution is 2.46. The maximum atomic E-state index is 13.6. The van der Waals surface area contributed by atoms with E-state index < -0.39 is 28.9 Å². The van der Waals surface area contributed by atoms with E-state index >= 15 is 0 Å². The van der Waals surface area contributed by atoms with Gasteiger partial charge in [0.1, 0.15) is 29.7 Å². The normalized spacial score (nSPS) is 19.3. The number of pyridine rings is 1. The number of hydrogen-bond donors (Lipinski definition) is 2. The van der Waals surface area contributed by atoms with E-state index in [9.17, 15) is 22.8 Å². The summed E-state index contributed by atoms with van der Waals surface area (Å²) in [5, 5.41) is 0. The highest BCUT2D eigenvalue weighted by Gasteiger charge is 2.37. The number of benzene rings is 1. The van der Waals surface area contributed by atoms with Crippen molar-refractivity contribution in [2.45, 2.75) is 31.0 Å². The smallest absolute Gasteiger partial charge is 0.431 e. The van der Waals surface area contributed by atoms with Gasteiger partial charge in [-0.25, -0.2) is 0 Å². The molecule has 2 aliphatic rings. The third-order valence-electron chi connectivity index (χ3n) is 5.24. The molecule has 1 saturated heterocycles. The van der Waals surface area contributed by atoms with Crippen molar-refractivity contribution in [2.24, 2.45) is 5.73 Å². The molecule has 1 unspecified atom stereocenters. The summed E-state index contributed by atoms with van der Waals surface area (Å²) in [5.74, 6) is -0.368. The summed E-state index contributed by atoms with van der Waals surface area (Å²) < 4.78 is 57.6. The van der Waals surface area contributed by atoms with Crippen molar-refractivity contribution in [3.8, 4) is 16.9 Å². The van der Waals surface area contributed by atoms with Crippen LogP contribution in [0, 0.1) is 0 Å². The van der Waals surface area contributed by atoms with Crippen LogP contribution < -0.4 is 16.0 Å². The standard InChI is InChI=1S/C21H21F3N2O5/c22-21(23,24)18-15(8-16(19(25)27)20(28)26-18)12-3-4-17(14(7-12)11-1-2-11)31-10-13-9-29-5-6-30-13/h3-4,7-8,11,13H,1-2,5-6,9-10H2,(H2,25,27)(H,26,28). The van der Waals surface area contributed by atoms with E-state index in [0.29, 0.717) is 25.6 Å². The molecule has 1 aromatic carbocycles. The second-order valence-corrected chi connectivity index (χ2v) is 7.57. The van der Waals surface area contributed by atoms with Gasteiger partial charge in [0.2, 0.25) is 0 Å². The lowest BCUT2D eigenvalue weighted by atomic mass is 9.97. The van der Waals surface area contributed by atoms with Gasteiger partial charge in [0, 0.05) is 5.56 Å². The molecule has 2 fully saturated rings. The number of ether oxygens (including phenoxy) is 3. The average molecular weight is 438 g/mol. The molecule has 1 aliphatic heterocycles. The summed E-state index contributed by atoms with van der Waals surface area (Å²) >= 11 is 0. The second kappa shape index (κ2) is 8.35. The molecule has 1 amide bonds. The molecule has 1 aliphatic carbocycles. The molecule has 3 N–H and O–H groups in total. The number of halogens is 3. The summed E-state index contributed by atoms with van der Waals surface area (Å²) in [6, 6.07) is 5.57. The quantitative estimate of drug-likeness (QED) is 0.722. The van der Waals surface area contributed by atoms with Gasteiger partial charge in [-0.1, -0.05) is 6.07 Å². The number of nitrogens with one attached hydrogen (secondary N) is 1. The fraction of sp³-hybridized carbons (Fsp3) is 0.429. The van der Waals surface area contributed by atoms with Gasteiger partial charge in [-0.3, -0.25) is 9.59 Å². The minimum atomic E-state index is -4.82. The highest BCUT2D eigenvalue weighted by atomic mass is 19.4. The Bertz CT molecular complexity index is 1040. The van der Waals surface area contributed by atoms with E-state index in [1.54, 1.807) is 17.1 Å². The molecule has 4 rings (SSSR count). The topological polar surface area (TPSA) is 104 Å². The van der Waals surface area contributed by atoms with Crippen LogP contribution in [-0.4, -0.2) is 43.4 Å². The number of amides is 1. The van der Waals surface area contributed by atoms with Gasteiger partial charge in [0.15, 0.2) is 0 Å². The molecule has 31 heavy (non-hydrogen) atoms. The first-order chi connectivity index (χ1) is 14.7. The molecule has 1 saturated carbocycles. The number of rotatable bonds is 6. The third-order valence-corrected chi connectivity index (χ3v) is 5.24. The van der Waals surface area contributed by atoms with Gasteiger partial charge in [-0.15, -0.1) is 0 Å². The lowest BCUT2D eigenvalue weighted by Crippen LogP contribution is -2.33. The fourth-order valence-corrected chi connectivity index (χ4v) is 3.54.